The summed E-state index contributed by atoms with van der Waals surface area (Å²) >= 11 is 0. The van der Waals surface area contributed by atoms with Crippen LogP contribution in [0.2, 0.25) is 0 Å². The Kier molecular flexibility index (Phi) is 3.01. The number of rotatable bonds is 1. The Labute approximate surface area is 132 Å². The van der Waals surface area contributed by atoms with Gasteiger partial charge in [-0.25, -0.2) is 0 Å². The number of carbonyl (C=O) groups is 3. The number of fused-ring (bicyclic) bond motifs is 3. The number of benzene rings is 2. The summed E-state index contributed by atoms with van der Waals surface area (Å²) in [5.41, 5.74) is 3.44. The maximum Gasteiger partial charge on any atom is 0.254 e. The lowest BCUT2D eigenvalue weighted by atomic mass is 10.0. The minimum Gasteiger partial charge on any atom is -0.353 e. The van der Waals surface area contributed by atoms with E-state index in [0.717, 1.165) is 11.1 Å². The van der Waals surface area contributed by atoms with Gasteiger partial charge in [-0.05, 0) is 23.3 Å². The molecule has 1 fully saturated rings. The first kappa shape index (κ1) is 13.7. The molecular formula is C18H14N2O3. The van der Waals surface area contributed by atoms with Crippen LogP contribution in [0.4, 0.5) is 0 Å². The number of piperazine rings is 1. The van der Waals surface area contributed by atoms with Gasteiger partial charge >= 0.3 is 0 Å². The van der Waals surface area contributed by atoms with E-state index in [1.807, 2.05) is 24.3 Å². The Morgan fingerprint density at radius 1 is 0.957 bits per heavy atom. The van der Waals surface area contributed by atoms with Gasteiger partial charge in [0.1, 0.15) is 0 Å². The third-order valence-corrected chi connectivity index (χ3v) is 4.30. The van der Waals surface area contributed by atoms with Crippen LogP contribution in [0.15, 0.2) is 42.5 Å². The second-order valence-electron chi connectivity index (χ2n) is 5.71. The van der Waals surface area contributed by atoms with Gasteiger partial charge in [0.05, 0.1) is 6.54 Å². The Morgan fingerprint density at radius 2 is 1.70 bits per heavy atom. The van der Waals surface area contributed by atoms with Crippen molar-refractivity contribution in [1.29, 1.82) is 0 Å². The zero-order valence-corrected chi connectivity index (χ0v) is 12.3. The Bertz CT molecular complexity index is 857. The molecule has 4 rings (SSSR count). The third-order valence-electron chi connectivity index (χ3n) is 4.30. The topological polar surface area (TPSA) is 66.5 Å². The molecule has 2 aromatic rings. The van der Waals surface area contributed by atoms with E-state index in [1.165, 1.54) is 4.90 Å². The molecule has 5 nitrogen and oxygen atoms in total. The summed E-state index contributed by atoms with van der Waals surface area (Å²) in [6.45, 7) is 1.000. The van der Waals surface area contributed by atoms with Crippen LogP contribution in [-0.4, -0.2) is 42.1 Å². The fourth-order valence-corrected chi connectivity index (χ4v) is 3.16. The Morgan fingerprint density at radius 3 is 2.48 bits per heavy atom. The molecule has 5 heteroatoms. The predicted octanol–water partition coefficient (Wildman–Crippen LogP) is 1.47. The number of nitrogens with zero attached hydrogens (tertiary/aromatic N) is 1. The molecule has 0 radical (unpaired) electrons. The van der Waals surface area contributed by atoms with Crippen molar-refractivity contribution in [3.63, 3.8) is 0 Å². The number of amides is 2. The van der Waals surface area contributed by atoms with Crippen molar-refractivity contribution in [1.82, 2.24) is 10.2 Å². The summed E-state index contributed by atoms with van der Waals surface area (Å²) in [6, 6.07) is 12.6. The first-order valence-corrected chi connectivity index (χ1v) is 7.49. The molecule has 1 aliphatic carbocycles. The molecule has 2 aromatic carbocycles. The summed E-state index contributed by atoms with van der Waals surface area (Å²) in [7, 11) is 0. The van der Waals surface area contributed by atoms with Gasteiger partial charge in [0, 0.05) is 29.8 Å². The van der Waals surface area contributed by atoms with E-state index in [-0.39, 0.29) is 24.1 Å². The monoisotopic (exact) mass is 306 g/mol. The quantitative estimate of drug-likeness (QED) is 0.740. The van der Waals surface area contributed by atoms with Crippen LogP contribution in [0.3, 0.4) is 0 Å². The van der Waals surface area contributed by atoms with Gasteiger partial charge in [0.15, 0.2) is 5.78 Å². The second-order valence-corrected chi connectivity index (χ2v) is 5.71. The van der Waals surface area contributed by atoms with E-state index in [1.54, 1.807) is 18.2 Å². The summed E-state index contributed by atoms with van der Waals surface area (Å²) in [6.07, 6.45) is 0. The Hall–Kier alpha value is -2.95. The minimum atomic E-state index is -0.216. The second kappa shape index (κ2) is 5.05. The smallest absolute Gasteiger partial charge is 0.254 e. The fourth-order valence-electron chi connectivity index (χ4n) is 3.16. The van der Waals surface area contributed by atoms with Crippen molar-refractivity contribution in [2.24, 2.45) is 0 Å². The molecule has 1 aliphatic heterocycles. The van der Waals surface area contributed by atoms with Crippen LogP contribution in [0.5, 0.6) is 0 Å². The van der Waals surface area contributed by atoms with Crippen molar-refractivity contribution in [3.8, 4) is 11.1 Å². The summed E-state index contributed by atoms with van der Waals surface area (Å²) < 4.78 is 0. The van der Waals surface area contributed by atoms with Crippen molar-refractivity contribution in [2.75, 3.05) is 19.6 Å². The molecule has 2 aliphatic rings. The van der Waals surface area contributed by atoms with Gasteiger partial charge in [0.25, 0.3) is 5.91 Å². The van der Waals surface area contributed by atoms with E-state index in [2.05, 4.69) is 5.32 Å². The molecule has 0 saturated carbocycles. The number of hydrogen-bond donors (Lipinski definition) is 1. The predicted molar refractivity (Wildman–Crippen MR) is 84.2 cm³/mol. The van der Waals surface area contributed by atoms with Crippen LogP contribution < -0.4 is 5.32 Å². The van der Waals surface area contributed by atoms with Gasteiger partial charge in [0.2, 0.25) is 5.91 Å². The zero-order valence-electron chi connectivity index (χ0n) is 12.3. The van der Waals surface area contributed by atoms with Gasteiger partial charge in [-0.15, -0.1) is 0 Å². The summed E-state index contributed by atoms with van der Waals surface area (Å²) in [5, 5.41) is 2.69. The molecule has 114 valence electrons. The third kappa shape index (κ3) is 2.12. The molecule has 1 heterocycles. The lowest BCUT2D eigenvalue weighted by Crippen LogP contribution is -2.49. The molecule has 0 bridgehead atoms. The van der Waals surface area contributed by atoms with Gasteiger partial charge < -0.3 is 10.2 Å². The largest absolute Gasteiger partial charge is 0.353 e. The van der Waals surface area contributed by atoms with Crippen molar-refractivity contribution in [3.05, 3.63) is 59.2 Å². The average molecular weight is 306 g/mol. The maximum absolute atomic E-state index is 12.6. The standard InChI is InChI=1S/C18H14N2O3/c21-16-10-20(8-7-19-16)18(23)11-5-6-13-12-3-1-2-4-14(12)17(22)15(13)9-11/h1-6,9H,7-8,10H2,(H,19,21). The van der Waals surface area contributed by atoms with Crippen LogP contribution >= 0.6 is 0 Å². The van der Waals surface area contributed by atoms with Crippen molar-refractivity contribution in [2.45, 2.75) is 0 Å². The molecule has 1 saturated heterocycles. The number of hydrogen-bond acceptors (Lipinski definition) is 3. The lowest BCUT2D eigenvalue weighted by molar-refractivity contribution is -0.123. The number of nitrogens with one attached hydrogen (secondary N) is 1. The average Bonchev–Trinajstić information content (AvgIpc) is 2.87. The van der Waals surface area contributed by atoms with E-state index in [4.69, 9.17) is 0 Å². The molecular weight excluding hydrogens is 292 g/mol. The highest BCUT2D eigenvalue weighted by molar-refractivity contribution is 6.22. The summed E-state index contributed by atoms with van der Waals surface area (Å²) in [5.74, 6) is -0.428. The van der Waals surface area contributed by atoms with Crippen molar-refractivity contribution < 1.29 is 14.4 Å². The maximum atomic E-state index is 12.6. The molecule has 2 amide bonds. The highest BCUT2D eigenvalue weighted by Gasteiger charge is 2.28. The van der Waals surface area contributed by atoms with Crippen LogP contribution in [0, 0.1) is 0 Å². The van der Waals surface area contributed by atoms with Crippen LogP contribution in [0.25, 0.3) is 11.1 Å². The number of ketones is 1. The molecule has 23 heavy (non-hydrogen) atoms. The van der Waals surface area contributed by atoms with Gasteiger partial charge in [-0.3, -0.25) is 14.4 Å². The Balaban J connectivity index is 1.70. The zero-order chi connectivity index (χ0) is 16.0. The normalized spacial score (nSPS) is 15.9. The molecule has 0 spiro atoms. The lowest BCUT2D eigenvalue weighted by Gasteiger charge is -2.26. The van der Waals surface area contributed by atoms with Gasteiger partial charge in [-0.2, -0.15) is 0 Å². The minimum absolute atomic E-state index is 0.0540. The molecule has 0 atom stereocenters. The van der Waals surface area contributed by atoms with E-state index in [0.29, 0.717) is 29.8 Å². The highest BCUT2D eigenvalue weighted by atomic mass is 16.2. The SMILES string of the molecule is O=C1CN(C(=O)c2ccc3c(c2)C(=O)c2ccccc2-3)CCN1. The number of carbonyl (C=O) groups excluding carboxylic acids is 3. The van der Waals surface area contributed by atoms with E-state index < -0.39 is 0 Å². The van der Waals surface area contributed by atoms with E-state index >= 15 is 0 Å². The van der Waals surface area contributed by atoms with Crippen molar-refractivity contribution >= 4 is 17.6 Å². The molecule has 1 N–H and O–H groups in total. The molecule has 0 aromatic heterocycles. The van der Waals surface area contributed by atoms with Crippen LogP contribution in [0.1, 0.15) is 26.3 Å². The van der Waals surface area contributed by atoms with Crippen LogP contribution in [-0.2, 0) is 4.79 Å². The van der Waals surface area contributed by atoms with Gasteiger partial charge in [-0.1, -0.05) is 30.3 Å². The highest BCUT2D eigenvalue weighted by Crippen LogP contribution is 2.36. The first-order chi connectivity index (χ1) is 11.1. The fraction of sp³-hybridized carbons (Fsp3) is 0.167. The summed E-state index contributed by atoms with van der Waals surface area (Å²) in [4.78, 5) is 38.0. The first-order valence-electron chi connectivity index (χ1n) is 7.49. The van der Waals surface area contributed by atoms with E-state index in [9.17, 15) is 14.4 Å². The molecule has 0 unspecified atom stereocenters.